The molecule has 0 radical (unpaired) electrons. The average molecular weight is 253 g/mol. The Morgan fingerprint density at radius 2 is 2.16 bits per heavy atom. The fraction of sp³-hybridized carbons (Fsp3) is 0.200. The van der Waals surface area contributed by atoms with E-state index >= 15 is 0 Å². The third-order valence-corrected chi connectivity index (χ3v) is 2.88. The Morgan fingerprint density at radius 1 is 1.32 bits per heavy atom. The Morgan fingerprint density at radius 3 is 2.89 bits per heavy atom. The summed E-state index contributed by atoms with van der Waals surface area (Å²) >= 11 is 0. The van der Waals surface area contributed by atoms with Crippen LogP contribution in [0.25, 0.3) is 0 Å². The maximum absolute atomic E-state index is 9.31. The van der Waals surface area contributed by atoms with Crippen LogP contribution in [0.1, 0.15) is 16.7 Å². The molecule has 0 saturated carbocycles. The Kier molecular flexibility index (Phi) is 4.11. The molecule has 0 fully saturated rings. The number of hydrogen-bond acceptors (Lipinski definition) is 4. The molecule has 0 aliphatic heterocycles. The molecule has 96 valence electrons. The molecule has 0 saturated heterocycles. The van der Waals surface area contributed by atoms with E-state index in [1.807, 2.05) is 36.2 Å². The van der Waals surface area contributed by atoms with E-state index in [1.54, 1.807) is 18.3 Å². The van der Waals surface area contributed by atoms with Crippen molar-refractivity contribution >= 4 is 5.82 Å². The van der Waals surface area contributed by atoms with Crippen LogP contribution in [-0.4, -0.2) is 17.1 Å². The number of nitriles is 1. The standard InChI is InChI=1S/C15H15N3O/c1-18(15-14(11-19)6-3-7-17-15)10-13-5-2-4-12(8-13)9-16/h2-8,19H,10-11H2,1H3. The number of anilines is 1. The molecule has 2 rings (SSSR count). The minimum absolute atomic E-state index is 0.0360. The van der Waals surface area contributed by atoms with Gasteiger partial charge < -0.3 is 10.0 Å². The molecule has 0 aliphatic rings. The molecule has 0 spiro atoms. The highest BCUT2D eigenvalue weighted by atomic mass is 16.3. The van der Waals surface area contributed by atoms with Crippen molar-refractivity contribution in [2.75, 3.05) is 11.9 Å². The van der Waals surface area contributed by atoms with Gasteiger partial charge in [0, 0.05) is 25.4 Å². The first-order valence-corrected chi connectivity index (χ1v) is 5.99. The Labute approximate surface area is 112 Å². The number of aromatic nitrogens is 1. The van der Waals surface area contributed by atoms with Gasteiger partial charge in [-0.15, -0.1) is 0 Å². The van der Waals surface area contributed by atoms with E-state index in [-0.39, 0.29) is 6.61 Å². The summed E-state index contributed by atoms with van der Waals surface area (Å²) in [5.41, 5.74) is 2.48. The lowest BCUT2D eigenvalue weighted by Crippen LogP contribution is -2.19. The molecule has 4 nitrogen and oxygen atoms in total. The van der Waals surface area contributed by atoms with Crippen LogP contribution in [0.2, 0.25) is 0 Å². The highest BCUT2D eigenvalue weighted by molar-refractivity contribution is 5.46. The van der Waals surface area contributed by atoms with Gasteiger partial charge in [0.1, 0.15) is 5.82 Å². The monoisotopic (exact) mass is 253 g/mol. The van der Waals surface area contributed by atoms with E-state index in [2.05, 4.69) is 11.1 Å². The smallest absolute Gasteiger partial charge is 0.134 e. The number of benzene rings is 1. The molecule has 1 aromatic carbocycles. The van der Waals surface area contributed by atoms with Crippen molar-refractivity contribution in [2.45, 2.75) is 13.2 Å². The molecule has 0 amide bonds. The summed E-state index contributed by atoms with van der Waals surface area (Å²) in [5.74, 6) is 0.757. The molecule has 2 aromatic rings. The lowest BCUT2D eigenvalue weighted by atomic mass is 10.1. The van der Waals surface area contributed by atoms with Crippen molar-refractivity contribution in [2.24, 2.45) is 0 Å². The van der Waals surface area contributed by atoms with Gasteiger partial charge in [-0.25, -0.2) is 4.98 Å². The molecule has 0 atom stereocenters. The number of rotatable bonds is 4. The van der Waals surface area contributed by atoms with Gasteiger partial charge >= 0.3 is 0 Å². The minimum Gasteiger partial charge on any atom is -0.392 e. The van der Waals surface area contributed by atoms with Crippen molar-refractivity contribution in [3.63, 3.8) is 0 Å². The topological polar surface area (TPSA) is 60.2 Å². The second-order valence-electron chi connectivity index (χ2n) is 4.31. The Balaban J connectivity index is 2.21. The van der Waals surface area contributed by atoms with Gasteiger partial charge in [0.05, 0.1) is 18.2 Å². The first kappa shape index (κ1) is 13.1. The first-order chi connectivity index (χ1) is 9.24. The van der Waals surface area contributed by atoms with E-state index in [4.69, 9.17) is 5.26 Å². The van der Waals surface area contributed by atoms with Gasteiger partial charge in [-0.05, 0) is 23.8 Å². The number of hydrogen-bond donors (Lipinski definition) is 1. The van der Waals surface area contributed by atoms with E-state index in [0.29, 0.717) is 12.1 Å². The number of aliphatic hydroxyl groups is 1. The Hall–Kier alpha value is -2.38. The van der Waals surface area contributed by atoms with Gasteiger partial charge in [0.2, 0.25) is 0 Å². The zero-order valence-electron chi connectivity index (χ0n) is 10.7. The van der Waals surface area contributed by atoms with Crippen molar-refractivity contribution in [1.82, 2.24) is 4.98 Å². The predicted octanol–water partition coefficient (Wildman–Crippen LogP) is 2.08. The van der Waals surface area contributed by atoms with Crippen LogP contribution in [-0.2, 0) is 13.2 Å². The summed E-state index contributed by atoms with van der Waals surface area (Å²) in [6.45, 7) is 0.602. The summed E-state index contributed by atoms with van der Waals surface area (Å²) in [6.07, 6.45) is 1.71. The molecule has 19 heavy (non-hydrogen) atoms. The normalized spacial score (nSPS) is 9.95. The van der Waals surface area contributed by atoms with Crippen LogP contribution in [0.4, 0.5) is 5.82 Å². The average Bonchev–Trinajstić information content (AvgIpc) is 2.47. The van der Waals surface area contributed by atoms with Crippen LogP contribution in [0, 0.1) is 11.3 Å². The fourth-order valence-corrected chi connectivity index (χ4v) is 1.99. The third-order valence-electron chi connectivity index (χ3n) is 2.88. The van der Waals surface area contributed by atoms with Gasteiger partial charge in [0.25, 0.3) is 0 Å². The summed E-state index contributed by atoms with van der Waals surface area (Å²) < 4.78 is 0. The number of nitrogens with zero attached hydrogens (tertiary/aromatic N) is 3. The van der Waals surface area contributed by atoms with Gasteiger partial charge in [-0.3, -0.25) is 0 Å². The lowest BCUT2D eigenvalue weighted by molar-refractivity contribution is 0.281. The van der Waals surface area contributed by atoms with Crippen molar-refractivity contribution in [1.29, 1.82) is 5.26 Å². The van der Waals surface area contributed by atoms with Gasteiger partial charge in [0.15, 0.2) is 0 Å². The highest BCUT2D eigenvalue weighted by Crippen LogP contribution is 2.18. The van der Waals surface area contributed by atoms with Crippen LogP contribution in [0.5, 0.6) is 0 Å². The minimum atomic E-state index is -0.0360. The maximum atomic E-state index is 9.31. The second-order valence-corrected chi connectivity index (χ2v) is 4.31. The van der Waals surface area contributed by atoms with E-state index in [1.165, 1.54) is 0 Å². The summed E-state index contributed by atoms with van der Waals surface area (Å²) in [6, 6.07) is 13.3. The quantitative estimate of drug-likeness (QED) is 0.906. The largest absolute Gasteiger partial charge is 0.392 e. The summed E-state index contributed by atoms with van der Waals surface area (Å²) in [7, 11) is 1.92. The molecular weight excluding hydrogens is 238 g/mol. The van der Waals surface area contributed by atoms with Crippen molar-refractivity contribution in [3.05, 3.63) is 59.3 Å². The molecule has 1 aromatic heterocycles. The SMILES string of the molecule is CN(Cc1cccc(C#N)c1)c1ncccc1CO. The molecular formula is C15H15N3O. The predicted molar refractivity (Wildman–Crippen MR) is 73.4 cm³/mol. The van der Waals surface area contributed by atoms with Crippen LogP contribution in [0.3, 0.4) is 0 Å². The highest BCUT2D eigenvalue weighted by Gasteiger charge is 2.08. The fourth-order valence-electron chi connectivity index (χ4n) is 1.99. The zero-order chi connectivity index (χ0) is 13.7. The van der Waals surface area contributed by atoms with Crippen LogP contribution >= 0.6 is 0 Å². The molecule has 0 unspecified atom stereocenters. The number of aliphatic hydroxyl groups excluding tert-OH is 1. The summed E-state index contributed by atoms with van der Waals surface area (Å²) in [4.78, 5) is 6.25. The summed E-state index contributed by atoms with van der Waals surface area (Å²) in [5, 5.41) is 18.2. The Bertz CT molecular complexity index is 604. The van der Waals surface area contributed by atoms with E-state index in [0.717, 1.165) is 16.9 Å². The van der Waals surface area contributed by atoms with Gasteiger partial charge in [-0.2, -0.15) is 5.26 Å². The molecule has 1 heterocycles. The van der Waals surface area contributed by atoms with E-state index in [9.17, 15) is 5.11 Å². The zero-order valence-corrected chi connectivity index (χ0v) is 10.7. The van der Waals surface area contributed by atoms with E-state index < -0.39 is 0 Å². The molecule has 0 aliphatic carbocycles. The first-order valence-electron chi connectivity index (χ1n) is 5.99. The van der Waals surface area contributed by atoms with Crippen molar-refractivity contribution < 1.29 is 5.11 Å². The molecule has 1 N–H and O–H groups in total. The molecule has 0 bridgehead atoms. The number of pyridine rings is 1. The van der Waals surface area contributed by atoms with Crippen LogP contribution in [0.15, 0.2) is 42.6 Å². The van der Waals surface area contributed by atoms with Crippen LogP contribution < -0.4 is 4.90 Å². The lowest BCUT2D eigenvalue weighted by Gasteiger charge is -2.20. The second kappa shape index (κ2) is 5.98. The van der Waals surface area contributed by atoms with Crippen molar-refractivity contribution in [3.8, 4) is 6.07 Å². The van der Waals surface area contributed by atoms with Gasteiger partial charge in [-0.1, -0.05) is 18.2 Å². The third kappa shape index (κ3) is 3.09. The maximum Gasteiger partial charge on any atom is 0.134 e. The molecule has 4 heteroatoms.